The molecule has 21 heavy (non-hydrogen) atoms. The van der Waals surface area contributed by atoms with Crippen molar-refractivity contribution in [1.82, 2.24) is 14.5 Å². The molecule has 1 heterocycles. The van der Waals surface area contributed by atoms with Gasteiger partial charge in [-0.1, -0.05) is 12.1 Å². The van der Waals surface area contributed by atoms with E-state index in [0.717, 1.165) is 24.2 Å². The number of aromatic nitrogens is 2. The van der Waals surface area contributed by atoms with Gasteiger partial charge in [-0.3, -0.25) is 5.10 Å². The van der Waals surface area contributed by atoms with Gasteiger partial charge in [0, 0.05) is 18.8 Å². The molecule has 3 rings (SSSR count). The van der Waals surface area contributed by atoms with Gasteiger partial charge in [-0.15, -0.1) is 0 Å². The van der Waals surface area contributed by atoms with Gasteiger partial charge < -0.3 is 4.74 Å². The van der Waals surface area contributed by atoms with Crippen molar-refractivity contribution in [3.8, 4) is 5.75 Å². The van der Waals surface area contributed by atoms with Crippen molar-refractivity contribution in [1.29, 1.82) is 0 Å². The third-order valence-corrected chi connectivity index (χ3v) is 5.40. The molecule has 1 aliphatic carbocycles. The van der Waals surface area contributed by atoms with Crippen LogP contribution in [0.2, 0.25) is 0 Å². The highest BCUT2D eigenvalue weighted by molar-refractivity contribution is 7.89. The van der Waals surface area contributed by atoms with Gasteiger partial charge in [0.05, 0.1) is 13.3 Å². The average Bonchev–Trinajstić information content (AvgIpc) is 3.16. The van der Waals surface area contributed by atoms with E-state index in [4.69, 9.17) is 4.74 Å². The van der Waals surface area contributed by atoms with Crippen LogP contribution in [0.1, 0.15) is 18.4 Å². The normalized spacial score (nSPS) is 15.3. The van der Waals surface area contributed by atoms with Crippen molar-refractivity contribution in [2.75, 3.05) is 7.11 Å². The number of nitrogens with zero attached hydrogens (tertiary/aromatic N) is 2. The van der Waals surface area contributed by atoms with Crippen molar-refractivity contribution in [3.63, 3.8) is 0 Å². The monoisotopic (exact) mass is 307 g/mol. The fraction of sp³-hybridized carbons (Fsp3) is 0.357. The Bertz CT molecular complexity index is 692. The van der Waals surface area contributed by atoms with Gasteiger partial charge in [-0.25, -0.2) is 8.42 Å². The molecule has 0 atom stereocenters. The van der Waals surface area contributed by atoms with E-state index in [1.165, 1.54) is 12.4 Å². The lowest BCUT2D eigenvalue weighted by molar-refractivity contribution is 0.397. The molecule has 1 aliphatic rings. The lowest BCUT2D eigenvalue weighted by Crippen LogP contribution is -2.32. The molecule has 6 nitrogen and oxygen atoms in total. The topological polar surface area (TPSA) is 75.3 Å². The van der Waals surface area contributed by atoms with Crippen LogP contribution in [-0.2, 0) is 16.6 Å². The van der Waals surface area contributed by atoms with Gasteiger partial charge in [-0.05, 0) is 30.5 Å². The Kier molecular flexibility index (Phi) is 3.69. The zero-order chi connectivity index (χ0) is 14.9. The van der Waals surface area contributed by atoms with E-state index < -0.39 is 10.0 Å². The molecule has 112 valence electrons. The summed E-state index contributed by atoms with van der Waals surface area (Å²) in [7, 11) is -1.89. The molecule has 0 spiro atoms. The van der Waals surface area contributed by atoms with Crippen LogP contribution in [0.15, 0.2) is 41.6 Å². The van der Waals surface area contributed by atoms with Gasteiger partial charge in [0.1, 0.15) is 10.6 Å². The van der Waals surface area contributed by atoms with E-state index in [9.17, 15) is 8.42 Å². The number of H-pyrrole nitrogens is 1. The van der Waals surface area contributed by atoms with Crippen LogP contribution >= 0.6 is 0 Å². The number of benzene rings is 1. The molecule has 1 N–H and O–H groups in total. The van der Waals surface area contributed by atoms with Crippen LogP contribution in [0.3, 0.4) is 0 Å². The van der Waals surface area contributed by atoms with Crippen molar-refractivity contribution in [2.45, 2.75) is 30.3 Å². The predicted molar refractivity (Wildman–Crippen MR) is 77.3 cm³/mol. The number of methoxy groups -OCH3 is 1. The van der Waals surface area contributed by atoms with E-state index in [1.54, 1.807) is 11.4 Å². The molecule has 1 aromatic heterocycles. The van der Waals surface area contributed by atoms with E-state index in [0.29, 0.717) is 6.54 Å². The maximum atomic E-state index is 12.6. The van der Waals surface area contributed by atoms with Crippen LogP contribution in [0.25, 0.3) is 0 Å². The molecule has 0 saturated heterocycles. The first-order valence-corrected chi connectivity index (χ1v) is 8.19. The van der Waals surface area contributed by atoms with Crippen molar-refractivity contribution >= 4 is 10.0 Å². The van der Waals surface area contributed by atoms with Crippen LogP contribution in [0.5, 0.6) is 5.75 Å². The highest BCUT2D eigenvalue weighted by atomic mass is 32.2. The first kappa shape index (κ1) is 14.1. The van der Waals surface area contributed by atoms with Gasteiger partial charge in [0.15, 0.2) is 0 Å². The third kappa shape index (κ3) is 2.93. The van der Waals surface area contributed by atoms with Crippen molar-refractivity contribution in [3.05, 3.63) is 42.2 Å². The molecule has 1 fully saturated rings. The van der Waals surface area contributed by atoms with Crippen LogP contribution < -0.4 is 4.74 Å². The molecule has 0 aliphatic heterocycles. The first-order valence-electron chi connectivity index (χ1n) is 6.75. The number of ether oxygens (including phenoxy) is 1. The molecule has 0 unspecified atom stereocenters. The van der Waals surface area contributed by atoms with E-state index in [1.807, 2.05) is 24.3 Å². The molecular weight excluding hydrogens is 290 g/mol. The molecule has 0 radical (unpaired) electrons. The Morgan fingerprint density at radius 2 is 2.05 bits per heavy atom. The van der Waals surface area contributed by atoms with Crippen LogP contribution in [-0.4, -0.2) is 36.1 Å². The van der Waals surface area contributed by atoms with E-state index in [-0.39, 0.29) is 10.9 Å². The Morgan fingerprint density at radius 3 is 2.57 bits per heavy atom. The summed E-state index contributed by atoms with van der Waals surface area (Å²) >= 11 is 0. The zero-order valence-corrected chi connectivity index (χ0v) is 12.5. The third-order valence-electron chi connectivity index (χ3n) is 3.53. The second-order valence-corrected chi connectivity index (χ2v) is 6.95. The lowest BCUT2D eigenvalue weighted by Gasteiger charge is -2.21. The average molecular weight is 307 g/mol. The number of rotatable bonds is 6. The minimum absolute atomic E-state index is 0.0898. The Hall–Kier alpha value is -1.86. The summed E-state index contributed by atoms with van der Waals surface area (Å²) in [6.45, 7) is 0.363. The van der Waals surface area contributed by atoms with Gasteiger partial charge in [0.2, 0.25) is 10.0 Å². The second kappa shape index (κ2) is 5.50. The van der Waals surface area contributed by atoms with Gasteiger partial charge >= 0.3 is 0 Å². The Balaban J connectivity index is 1.85. The van der Waals surface area contributed by atoms with Gasteiger partial charge in [-0.2, -0.15) is 9.40 Å². The van der Waals surface area contributed by atoms with Crippen molar-refractivity contribution in [2.24, 2.45) is 0 Å². The maximum absolute atomic E-state index is 12.6. The van der Waals surface area contributed by atoms with E-state index in [2.05, 4.69) is 10.2 Å². The molecule has 1 saturated carbocycles. The number of hydrogen-bond donors (Lipinski definition) is 1. The molecule has 7 heteroatoms. The molecule has 2 aromatic rings. The quantitative estimate of drug-likeness (QED) is 0.882. The van der Waals surface area contributed by atoms with E-state index >= 15 is 0 Å². The summed E-state index contributed by atoms with van der Waals surface area (Å²) in [5, 5.41) is 6.29. The Morgan fingerprint density at radius 1 is 1.33 bits per heavy atom. The summed E-state index contributed by atoms with van der Waals surface area (Å²) < 4.78 is 32.0. The summed E-state index contributed by atoms with van der Waals surface area (Å²) in [6.07, 6.45) is 4.58. The summed E-state index contributed by atoms with van der Waals surface area (Å²) in [5.74, 6) is 0.759. The minimum Gasteiger partial charge on any atom is -0.497 e. The molecule has 0 bridgehead atoms. The van der Waals surface area contributed by atoms with Gasteiger partial charge in [0.25, 0.3) is 0 Å². The lowest BCUT2D eigenvalue weighted by atomic mass is 10.2. The summed E-state index contributed by atoms with van der Waals surface area (Å²) in [4.78, 5) is 0.211. The second-order valence-electron chi connectivity index (χ2n) is 5.06. The standard InChI is InChI=1S/C14H17N3O3S/c1-20-13-6-2-11(3-7-13)10-17(12-4-5-12)21(18,19)14-8-15-16-9-14/h2-3,6-9,12H,4-5,10H2,1H3,(H,15,16). The smallest absolute Gasteiger partial charge is 0.246 e. The molecule has 1 aromatic carbocycles. The highest BCUT2D eigenvalue weighted by Crippen LogP contribution is 2.33. The van der Waals surface area contributed by atoms with Crippen molar-refractivity contribution < 1.29 is 13.2 Å². The first-order chi connectivity index (χ1) is 10.1. The summed E-state index contributed by atoms with van der Waals surface area (Å²) in [5.41, 5.74) is 0.940. The largest absolute Gasteiger partial charge is 0.497 e. The number of aromatic amines is 1. The van der Waals surface area contributed by atoms with Crippen LogP contribution in [0.4, 0.5) is 0 Å². The maximum Gasteiger partial charge on any atom is 0.246 e. The molecule has 0 amide bonds. The summed E-state index contributed by atoms with van der Waals surface area (Å²) in [6, 6.07) is 7.54. The number of sulfonamides is 1. The highest BCUT2D eigenvalue weighted by Gasteiger charge is 2.38. The number of hydrogen-bond acceptors (Lipinski definition) is 4. The fourth-order valence-corrected chi connectivity index (χ4v) is 3.78. The Labute approximate surface area is 123 Å². The number of nitrogens with one attached hydrogen (secondary N) is 1. The zero-order valence-electron chi connectivity index (χ0n) is 11.7. The fourth-order valence-electron chi connectivity index (χ4n) is 2.20. The van der Waals surface area contributed by atoms with Crippen LogP contribution in [0, 0.1) is 0 Å². The minimum atomic E-state index is -3.50. The molecular formula is C14H17N3O3S. The SMILES string of the molecule is COc1ccc(CN(C2CC2)S(=O)(=O)c2cn[nH]c2)cc1. The predicted octanol–water partition coefficient (Wildman–Crippen LogP) is 1.77.